The molecule has 0 radical (unpaired) electrons. The zero-order chi connectivity index (χ0) is 13.5. The van der Waals surface area contributed by atoms with E-state index in [4.69, 9.17) is 4.42 Å². The molecule has 1 unspecified atom stereocenters. The van der Waals surface area contributed by atoms with E-state index in [1.807, 2.05) is 0 Å². The second-order valence-electron chi connectivity index (χ2n) is 5.38. The van der Waals surface area contributed by atoms with Crippen LogP contribution in [0.5, 0.6) is 0 Å². The number of carbonyl (C=O) groups is 1. The SMILES string of the molecule is O=C(CCC1CCCCC1)NCC(O)c1ccco1. The van der Waals surface area contributed by atoms with Crippen molar-refractivity contribution in [1.29, 1.82) is 0 Å². The van der Waals surface area contributed by atoms with Gasteiger partial charge in [-0.1, -0.05) is 32.1 Å². The molecule has 19 heavy (non-hydrogen) atoms. The van der Waals surface area contributed by atoms with Crippen LogP contribution in [0, 0.1) is 5.92 Å². The summed E-state index contributed by atoms with van der Waals surface area (Å²) in [6.45, 7) is 0.219. The number of carbonyl (C=O) groups excluding carboxylic acids is 1. The van der Waals surface area contributed by atoms with Gasteiger partial charge in [-0.05, 0) is 24.5 Å². The molecular weight excluding hydrogens is 242 g/mol. The minimum absolute atomic E-state index is 0.0242. The average molecular weight is 265 g/mol. The minimum Gasteiger partial charge on any atom is -0.467 e. The molecule has 1 heterocycles. The number of nitrogens with one attached hydrogen (secondary N) is 1. The van der Waals surface area contributed by atoms with Gasteiger partial charge in [0.15, 0.2) is 0 Å². The van der Waals surface area contributed by atoms with Crippen LogP contribution < -0.4 is 5.32 Å². The van der Waals surface area contributed by atoms with Gasteiger partial charge in [0.25, 0.3) is 0 Å². The van der Waals surface area contributed by atoms with Crippen molar-refractivity contribution in [2.45, 2.75) is 51.0 Å². The maximum absolute atomic E-state index is 11.7. The maximum atomic E-state index is 11.7. The van der Waals surface area contributed by atoms with Crippen molar-refractivity contribution in [2.75, 3.05) is 6.54 Å². The molecule has 1 aromatic heterocycles. The standard InChI is InChI=1S/C15H23NO3/c17-13(14-7-4-10-19-14)11-16-15(18)9-8-12-5-2-1-3-6-12/h4,7,10,12-13,17H,1-3,5-6,8-9,11H2,(H,16,18). The summed E-state index contributed by atoms with van der Waals surface area (Å²) < 4.78 is 5.08. The first-order valence-electron chi connectivity index (χ1n) is 7.24. The van der Waals surface area contributed by atoms with Crippen molar-refractivity contribution >= 4 is 5.91 Å². The molecule has 106 valence electrons. The third-order valence-corrected chi connectivity index (χ3v) is 3.87. The fraction of sp³-hybridized carbons (Fsp3) is 0.667. The summed E-state index contributed by atoms with van der Waals surface area (Å²) in [5.74, 6) is 1.23. The Morgan fingerprint density at radius 2 is 2.21 bits per heavy atom. The Kier molecular flexibility index (Phi) is 5.45. The summed E-state index contributed by atoms with van der Waals surface area (Å²) in [5.41, 5.74) is 0. The Balaban J connectivity index is 1.61. The summed E-state index contributed by atoms with van der Waals surface area (Å²) in [7, 11) is 0. The largest absolute Gasteiger partial charge is 0.467 e. The van der Waals surface area contributed by atoms with Gasteiger partial charge < -0.3 is 14.8 Å². The molecule has 1 amide bonds. The summed E-state index contributed by atoms with van der Waals surface area (Å²) in [5, 5.41) is 12.5. The normalized spacial score (nSPS) is 18.2. The van der Waals surface area contributed by atoms with Crippen LogP contribution in [-0.2, 0) is 4.79 Å². The summed E-state index contributed by atoms with van der Waals surface area (Å²) >= 11 is 0. The van der Waals surface area contributed by atoms with Crippen molar-refractivity contribution < 1.29 is 14.3 Å². The van der Waals surface area contributed by atoms with Gasteiger partial charge in [-0.3, -0.25) is 4.79 Å². The Morgan fingerprint density at radius 1 is 1.42 bits per heavy atom. The lowest BCUT2D eigenvalue weighted by atomic mass is 9.86. The molecule has 1 aliphatic rings. The van der Waals surface area contributed by atoms with Gasteiger partial charge in [0.1, 0.15) is 11.9 Å². The van der Waals surface area contributed by atoms with E-state index in [1.165, 1.54) is 38.4 Å². The van der Waals surface area contributed by atoms with Gasteiger partial charge in [0.2, 0.25) is 5.91 Å². The van der Waals surface area contributed by atoms with E-state index in [1.54, 1.807) is 12.1 Å². The molecule has 1 fully saturated rings. The molecule has 0 bridgehead atoms. The third-order valence-electron chi connectivity index (χ3n) is 3.87. The molecular formula is C15H23NO3. The zero-order valence-corrected chi connectivity index (χ0v) is 11.3. The molecule has 1 aliphatic carbocycles. The molecule has 1 aromatic rings. The molecule has 0 aliphatic heterocycles. The predicted molar refractivity (Wildman–Crippen MR) is 72.5 cm³/mol. The summed E-state index contributed by atoms with van der Waals surface area (Å²) in [6.07, 6.45) is 8.80. The van der Waals surface area contributed by atoms with Crippen LogP contribution in [0.15, 0.2) is 22.8 Å². The Morgan fingerprint density at radius 3 is 2.89 bits per heavy atom. The number of aliphatic hydroxyl groups excluding tert-OH is 1. The fourth-order valence-corrected chi connectivity index (χ4v) is 2.69. The van der Waals surface area contributed by atoms with E-state index in [2.05, 4.69) is 5.32 Å². The van der Waals surface area contributed by atoms with E-state index in [9.17, 15) is 9.90 Å². The molecule has 2 N–H and O–H groups in total. The number of aliphatic hydroxyl groups is 1. The van der Waals surface area contributed by atoms with Crippen molar-refractivity contribution in [1.82, 2.24) is 5.32 Å². The van der Waals surface area contributed by atoms with Crippen LogP contribution in [-0.4, -0.2) is 17.6 Å². The van der Waals surface area contributed by atoms with Gasteiger partial charge in [-0.15, -0.1) is 0 Å². The Hall–Kier alpha value is -1.29. The van der Waals surface area contributed by atoms with E-state index in [0.717, 1.165) is 12.3 Å². The van der Waals surface area contributed by atoms with E-state index < -0.39 is 6.10 Å². The van der Waals surface area contributed by atoms with Gasteiger partial charge in [-0.2, -0.15) is 0 Å². The molecule has 1 saturated carbocycles. The number of rotatable bonds is 6. The second-order valence-corrected chi connectivity index (χ2v) is 5.38. The van der Waals surface area contributed by atoms with Gasteiger partial charge in [0.05, 0.1) is 12.8 Å². The minimum atomic E-state index is -0.756. The van der Waals surface area contributed by atoms with Gasteiger partial charge >= 0.3 is 0 Å². The molecule has 0 spiro atoms. The Labute approximate surface area is 114 Å². The highest BCUT2D eigenvalue weighted by atomic mass is 16.4. The lowest BCUT2D eigenvalue weighted by Crippen LogP contribution is -2.28. The lowest BCUT2D eigenvalue weighted by molar-refractivity contribution is -0.122. The number of amides is 1. The number of hydrogen-bond acceptors (Lipinski definition) is 3. The molecule has 4 heteroatoms. The molecule has 0 saturated heterocycles. The van der Waals surface area contributed by atoms with Crippen molar-refractivity contribution in [2.24, 2.45) is 5.92 Å². The van der Waals surface area contributed by atoms with Gasteiger partial charge in [0, 0.05) is 6.42 Å². The van der Waals surface area contributed by atoms with Gasteiger partial charge in [-0.25, -0.2) is 0 Å². The highest BCUT2D eigenvalue weighted by Crippen LogP contribution is 2.27. The highest BCUT2D eigenvalue weighted by Gasteiger charge is 2.16. The van der Waals surface area contributed by atoms with Crippen LogP contribution in [0.4, 0.5) is 0 Å². The van der Waals surface area contributed by atoms with Crippen LogP contribution >= 0.6 is 0 Å². The predicted octanol–water partition coefficient (Wildman–Crippen LogP) is 2.79. The van der Waals surface area contributed by atoms with Crippen LogP contribution in [0.1, 0.15) is 56.8 Å². The fourth-order valence-electron chi connectivity index (χ4n) is 2.69. The first kappa shape index (κ1) is 14.1. The van der Waals surface area contributed by atoms with E-state index in [0.29, 0.717) is 12.2 Å². The van der Waals surface area contributed by atoms with Crippen LogP contribution in [0.2, 0.25) is 0 Å². The van der Waals surface area contributed by atoms with Crippen LogP contribution in [0.3, 0.4) is 0 Å². The topological polar surface area (TPSA) is 62.5 Å². The first-order chi connectivity index (χ1) is 9.25. The monoisotopic (exact) mass is 265 g/mol. The highest BCUT2D eigenvalue weighted by molar-refractivity contribution is 5.75. The van der Waals surface area contributed by atoms with Crippen molar-refractivity contribution in [3.63, 3.8) is 0 Å². The van der Waals surface area contributed by atoms with Crippen LogP contribution in [0.25, 0.3) is 0 Å². The molecule has 0 aromatic carbocycles. The molecule has 4 nitrogen and oxygen atoms in total. The smallest absolute Gasteiger partial charge is 0.220 e. The molecule has 2 rings (SSSR count). The van der Waals surface area contributed by atoms with Crippen molar-refractivity contribution in [3.05, 3.63) is 24.2 Å². The van der Waals surface area contributed by atoms with E-state index >= 15 is 0 Å². The first-order valence-corrected chi connectivity index (χ1v) is 7.24. The third kappa shape index (κ3) is 4.71. The average Bonchev–Trinajstić information content (AvgIpc) is 2.98. The lowest BCUT2D eigenvalue weighted by Gasteiger charge is -2.21. The number of furan rings is 1. The van der Waals surface area contributed by atoms with Crippen molar-refractivity contribution in [3.8, 4) is 0 Å². The number of hydrogen-bond donors (Lipinski definition) is 2. The molecule has 1 atom stereocenters. The maximum Gasteiger partial charge on any atom is 0.220 e. The summed E-state index contributed by atoms with van der Waals surface area (Å²) in [6, 6.07) is 3.43. The Bertz CT molecular complexity index is 369. The second kappa shape index (κ2) is 7.34. The zero-order valence-electron chi connectivity index (χ0n) is 11.3. The summed E-state index contributed by atoms with van der Waals surface area (Å²) in [4.78, 5) is 11.7. The quantitative estimate of drug-likeness (QED) is 0.831. The van der Waals surface area contributed by atoms with E-state index in [-0.39, 0.29) is 12.5 Å².